The van der Waals surface area contributed by atoms with Gasteiger partial charge in [-0.3, -0.25) is 9.59 Å². The minimum Gasteiger partial charge on any atom is -0.495 e. The molecule has 3 rings (SSSR count). The smallest absolute Gasteiger partial charge is 0.356 e. The van der Waals surface area contributed by atoms with Crippen LogP contribution in [0.25, 0.3) is 0 Å². The largest absolute Gasteiger partial charge is 0.495 e. The van der Waals surface area contributed by atoms with Gasteiger partial charge in [0, 0.05) is 0 Å². The van der Waals surface area contributed by atoms with E-state index in [-0.39, 0.29) is 11.3 Å². The van der Waals surface area contributed by atoms with Crippen molar-refractivity contribution in [3.05, 3.63) is 35.5 Å². The first kappa shape index (κ1) is 14.1. The summed E-state index contributed by atoms with van der Waals surface area (Å²) in [4.78, 5) is 37.8. The van der Waals surface area contributed by atoms with Crippen LogP contribution in [0, 0.1) is 0 Å². The number of anilines is 1. The Kier molecular flexibility index (Phi) is 3.30. The van der Waals surface area contributed by atoms with E-state index in [2.05, 4.69) is 15.6 Å². The Balaban J connectivity index is 2.08. The van der Waals surface area contributed by atoms with Gasteiger partial charge in [0.2, 0.25) is 0 Å². The molecular weight excluding hydrogens is 290 g/mol. The van der Waals surface area contributed by atoms with Crippen LogP contribution in [-0.4, -0.2) is 38.0 Å². The topological polar surface area (TPSA) is 97.0 Å². The molecule has 8 heteroatoms. The lowest BCUT2D eigenvalue weighted by Gasteiger charge is -2.18. The number of imide groups is 1. The number of rotatable bonds is 3. The fourth-order valence-electron chi connectivity index (χ4n) is 2.50. The number of benzene rings is 1. The normalized spacial score (nSPS) is 20.1. The number of hydrazine groups is 1. The second-order valence-corrected chi connectivity index (χ2v) is 4.63. The van der Waals surface area contributed by atoms with E-state index in [1.165, 1.54) is 14.2 Å². The van der Waals surface area contributed by atoms with E-state index < -0.39 is 23.8 Å². The summed E-state index contributed by atoms with van der Waals surface area (Å²) in [6.07, 6.45) is 0. The number of nitrogens with zero attached hydrogens (tertiary/aromatic N) is 1. The molecule has 1 aromatic rings. The zero-order chi connectivity index (χ0) is 15.9. The zero-order valence-electron chi connectivity index (χ0n) is 11.9. The number of carbonyl (C=O) groups excluding carboxylic acids is 3. The molecule has 1 fully saturated rings. The van der Waals surface area contributed by atoms with Crippen LogP contribution in [0.5, 0.6) is 5.75 Å². The standard InChI is InChI=1S/C14H13N3O5/c1-21-8-6-4-3-5-7(8)17-12(18)9-10(13(17)19)15-16-11(9)14(20)22-2/h3-6,10,15-16H,1-2H3. The first-order chi connectivity index (χ1) is 10.6. The Labute approximate surface area is 125 Å². The van der Waals surface area contributed by atoms with Crippen LogP contribution in [0.3, 0.4) is 0 Å². The van der Waals surface area contributed by atoms with Gasteiger partial charge in [0.05, 0.1) is 25.5 Å². The summed E-state index contributed by atoms with van der Waals surface area (Å²) in [6.45, 7) is 0. The number of methoxy groups -OCH3 is 2. The molecular formula is C14H13N3O5. The van der Waals surface area contributed by atoms with Crippen molar-refractivity contribution >= 4 is 23.5 Å². The quantitative estimate of drug-likeness (QED) is 0.572. The van der Waals surface area contributed by atoms with E-state index >= 15 is 0 Å². The zero-order valence-corrected chi connectivity index (χ0v) is 11.9. The highest BCUT2D eigenvalue weighted by Gasteiger charge is 2.51. The number of fused-ring (bicyclic) bond motifs is 1. The molecule has 2 aliphatic rings. The van der Waals surface area contributed by atoms with Crippen LogP contribution in [0.15, 0.2) is 35.5 Å². The lowest BCUT2D eigenvalue weighted by molar-refractivity contribution is -0.137. The van der Waals surface area contributed by atoms with Gasteiger partial charge in [0.25, 0.3) is 11.8 Å². The molecule has 1 unspecified atom stereocenters. The van der Waals surface area contributed by atoms with Crippen LogP contribution >= 0.6 is 0 Å². The van der Waals surface area contributed by atoms with Gasteiger partial charge in [-0.15, -0.1) is 0 Å². The fourth-order valence-corrected chi connectivity index (χ4v) is 2.50. The summed E-state index contributed by atoms with van der Waals surface area (Å²) in [5.41, 5.74) is 5.47. The van der Waals surface area contributed by atoms with E-state index in [1.54, 1.807) is 24.3 Å². The number of hydrogen-bond donors (Lipinski definition) is 2. The molecule has 0 bridgehead atoms. The van der Waals surface area contributed by atoms with E-state index in [0.29, 0.717) is 11.4 Å². The van der Waals surface area contributed by atoms with Crippen molar-refractivity contribution in [2.24, 2.45) is 0 Å². The Morgan fingerprint density at radius 1 is 1.23 bits per heavy atom. The maximum atomic E-state index is 12.6. The van der Waals surface area contributed by atoms with Crippen molar-refractivity contribution in [2.45, 2.75) is 6.04 Å². The molecule has 1 aromatic carbocycles. The number of amides is 2. The predicted octanol–water partition coefficient (Wildman–Crippen LogP) is -0.528. The van der Waals surface area contributed by atoms with Gasteiger partial charge in [-0.25, -0.2) is 15.1 Å². The monoisotopic (exact) mass is 303 g/mol. The lowest BCUT2D eigenvalue weighted by Crippen LogP contribution is -2.42. The molecule has 1 saturated heterocycles. The van der Waals surface area contributed by atoms with Crippen molar-refractivity contribution < 1.29 is 23.9 Å². The summed E-state index contributed by atoms with van der Waals surface area (Å²) in [7, 11) is 2.65. The molecule has 0 radical (unpaired) electrons. The second kappa shape index (κ2) is 5.15. The molecule has 0 spiro atoms. The highest BCUT2D eigenvalue weighted by Crippen LogP contribution is 2.35. The highest BCUT2D eigenvalue weighted by atomic mass is 16.5. The molecule has 1 atom stereocenters. The minimum absolute atomic E-state index is 0.0442. The van der Waals surface area contributed by atoms with Crippen molar-refractivity contribution in [3.63, 3.8) is 0 Å². The Morgan fingerprint density at radius 3 is 2.64 bits per heavy atom. The molecule has 0 aliphatic carbocycles. The molecule has 2 aliphatic heterocycles. The van der Waals surface area contributed by atoms with Gasteiger partial charge in [-0.05, 0) is 12.1 Å². The molecule has 22 heavy (non-hydrogen) atoms. The van der Waals surface area contributed by atoms with E-state index in [1.807, 2.05) is 0 Å². The number of carbonyl (C=O) groups is 3. The van der Waals surface area contributed by atoms with Crippen molar-refractivity contribution in [3.8, 4) is 5.75 Å². The second-order valence-electron chi connectivity index (χ2n) is 4.63. The van der Waals surface area contributed by atoms with E-state index in [4.69, 9.17) is 4.74 Å². The maximum Gasteiger partial charge on any atom is 0.356 e. The highest BCUT2D eigenvalue weighted by molar-refractivity contribution is 6.33. The van der Waals surface area contributed by atoms with E-state index in [9.17, 15) is 14.4 Å². The van der Waals surface area contributed by atoms with Crippen LogP contribution < -0.4 is 20.5 Å². The average molecular weight is 303 g/mol. The third-order valence-electron chi connectivity index (χ3n) is 3.52. The first-order valence-corrected chi connectivity index (χ1v) is 6.45. The average Bonchev–Trinajstić information content (AvgIpc) is 3.08. The third-order valence-corrected chi connectivity index (χ3v) is 3.52. The number of ether oxygens (including phenoxy) is 2. The summed E-state index contributed by atoms with van der Waals surface area (Å²) in [5.74, 6) is -1.40. The predicted molar refractivity (Wildman–Crippen MR) is 74.6 cm³/mol. The molecule has 0 saturated carbocycles. The van der Waals surface area contributed by atoms with Crippen LogP contribution in [0.4, 0.5) is 5.69 Å². The molecule has 8 nitrogen and oxygen atoms in total. The minimum atomic E-state index is -0.925. The molecule has 2 amide bonds. The number of esters is 1. The summed E-state index contributed by atoms with van der Waals surface area (Å²) in [6, 6.07) is 5.74. The van der Waals surface area contributed by atoms with Gasteiger partial charge in [-0.2, -0.15) is 0 Å². The van der Waals surface area contributed by atoms with Crippen LogP contribution in [0.1, 0.15) is 0 Å². The Morgan fingerprint density at radius 2 is 1.95 bits per heavy atom. The fraction of sp³-hybridized carbons (Fsp3) is 0.214. The van der Waals surface area contributed by atoms with Gasteiger partial charge in [0.15, 0.2) is 0 Å². The maximum absolute atomic E-state index is 12.6. The molecule has 2 heterocycles. The summed E-state index contributed by atoms with van der Waals surface area (Å²) in [5, 5.41) is 0. The van der Waals surface area contributed by atoms with Crippen molar-refractivity contribution in [1.29, 1.82) is 0 Å². The summed E-state index contributed by atoms with van der Waals surface area (Å²) >= 11 is 0. The van der Waals surface area contributed by atoms with Gasteiger partial charge < -0.3 is 14.9 Å². The van der Waals surface area contributed by atoms with Crippen LogP contribution in [-0.2, 0) is 19.1 Å². The molecule has 2 N–H and O–H groups in total. The Bertz CT molecular complexity index is 712. The molecule has 0 aromatic heterocycles. The summed E-state index contributed by atoms with van der Waals surface area (Å²) < 4.78 is 9.79. The third kappa shape index (κ3) is 1.85. The number of hydrogen-bond acceptors (Lipinski definition) is 7. The Hall–Kier alpha value is -2.87. The van der Waals surface area contributed by atoms with Crippen LogP contribution in [0.2, 0.25) is 0 Å². The van der Waals surface area contributed by atoms with Crippen molar-refractivity contribution in [2.75, 3.05) is 19.1 Å². The van der Waals surface area contributed by atoms with Crippen molar-refractivity contribution in [1.82, 2.24) is 10.9 Å². The van der Waals surface area contributed by atoms with Gasteiger partial charge in [-0.1, -0.05) is 12.1 Å². The van der Waals surface area contributed by atoms with Gasteiger partial charge in [0.1, 0.15) is 17.5 Å². The lowest BCUT2D eigenvalue weighted by atomic mass is 10.1. The first-order valence-electron chi connectivity index (χ1n) is 6.45. The number of para-hydroxylation sites is 2. The molecule has 114 valence electrons. The SMILES string of the molecule is COC(=O)C1=C2C(=O)N(c3ccccc3OC)C(=O)C2NN1. The van der Waals surface area contributed by atoms with E-state index in [0.717, 1.165) is 4.90 Å². The van der Waals surface area contributed by atoms with Gasteiger partial charge >= 0.3 is 5.97 Å². The number of nitrogens with one attached hydrogen (secondary N) is 2.